The van der Waals surface area contributed by atoms with Gasteiger partial charge >= 0.3 is 5.97 Å². The molecule has 1 atom stereocenters. The molecule has 1 unspecified atom stereocenters. The number of rotatable bonds is 9. The Morgan fingerprint density at radius 2 is 1.93 bits per heavy atom. The molecule has 0 rings (SSSR count). The molecule has 0 aliphatic heterocycles. The highest BCUT2D eigenvalue weighted by atomic mass is 16.4. The Kier molecular flexibility index (Phi) is 7.69. The normalized spacial score (nSPS) is 12.1. The van der Waals surface area contributed by atoms with Crippen LogP contribution >= 0.6 is 0 Å². The third-order valence-electron chi connectivity index (χ3n) is 2.47. The van der Waals surface area contributed by atoms with Crippen molar-refractivity contribution < 1.29 is 9.90 Å². The Morgan fingerprint density at radius 1 is 1.33 bits per heavy atom. The van der Waals surface area contributed by atoms with E-state index in [2.05, 4.69) is 13.2 Å². The summed E-state index contributed by atoms with van der Waals surface area (Å²) < 4.78 is 0. The van der Waals surface area contributed by atoms with Gasteiger partial charge in [-0.3, -0.25) is 4.79 Å². The molecule has 0 spiro atoms. The average molecular weight is 210 g/mol. The first-order chi connectivity index (χ1) is 7.07. The summed E-state index contributed by atoms with van der Waals surface area (Å²) in [5.74, 6) is -1.13. The van der Waals surface area contributed by atoms with Crippen LogP contribution < -0.4 is 0 Å². The summed E-state index contributed by atoms with van der Waals surface area (Å²) in [6.07, 6.45) is 7.73. The van der Waals surface area contributed by atoms with Gasteiger partial charge in [-0.2, -0.15) is 0 Å². The fraction of sp³-hybridized carbons (Fsp3) is 0.615. The molecule has 0 aliphatic carbocycles. The monoisotopic (exact) mass is 210 g/mol. The quantitative estimate of drug-likeness (QED) is 0.464. The van der Waals surface area contributed by atoms with Crippen LogP contribution in [0.3, 0.4) is 0 Å². The number of hydrogen-bond donors (Lipinski definition) is 1. The van der Waals surface area contributed by atoms with Crippen molar-refractivity contribution in [1.29, 1.82) is 0 Å². The lowest BCUT2D eigenvalue weighted by Crippen LogP contribution is -2.10. The maximum atomic E-state index is 10.7. The van der Waals surface area contributed by atoms with Crippen LogP contribution in [-0.2, 0) is 4.79 Å². The largest absolute Gasteiger partial charge is 0.481 e. The number of allylic oxidation sites excluding steroid dienone is 1. The van der Waals surface area contributed by atoms with Crippen LogP contribution in [0.25, 0.3) is 0 Å². The molecule has 0 saturated heterocycles. The first kappa shape index (κ1) is 13.9. The van der Waals surface area contributed by atoms with Gasteiger partial charge in [-0.25, -0.2) is 0 Å². The highest BCUT2D eigenvalue weighted by Crippen LogP contribution is 2.13. The van der Waals surface area contributed by atoms with Crippen LogP contribution in [0, 0.1) is 5.92 Å². The summed E-state index contributed by atoms with van der Waals surface area (Å²) in [6.45, 7) is 9.41. The van der Waals surface area contributed by atoms with Gasteiger partial charge < -0.3 is 5.11 Å². The second-order valence-corrected chi connectivity index (χ2v) is 4.09. The zero-order valence-electron chi connectivity index (χ0n) is 9.67. The van der Waals surface area contributed by atoms with Crippen molar-refractivity contribution in [2.24, 2.45) is 5.92 Å². The molecule has 0 fully saturated rings. The molecule has 0 bridgehead atoms. The number of carboxylic acid groups (broad SMARTS) is 1. The number of carbonyl (C=O) groups is 1. The van der Waals surface area contributed by atoms with E-state index in [4.69, 9.17) is 5.11 Å². The molecule has 1 N–H and O–H groups in total. The highest BCUT2D eigenvalue weighted by Gasteiger charge is 2.11. The number of carboxylic acids is 1. The molecule has 15 heavy (non-hydrogen) atoms. The second kappa shape index (κ2) is 8.27. The Bertz CT molecular complexity index is 219. The third kappa shape index (κ3) is 7.98. The molecule has 0 radical (unpaired) electrons. The maximum absolute atomic E-state index is 10.7. The van der Waals surface area contributed by atoms with Crippen LogP contribution in [-0.4, -0.2) is 11.1 Å². The molecule has 0 aromatic carbocycles. The minimum absolute atomic E-state index is 0.369. The van der Waals surface area contributed by atoms with Gasteiger partial charge in [0.15, 0.2) is 0 Å². The van der Waals surface area contributed by atoms with Crippen LogP contribution in [0.15, 0.2) is 24.8 Å². The summed E-state index contributed by atoms with van der Waals surface area (Å²) in [6, 6.07) is 0. The van der Waals surface area contributed by atoms with Crippen molar-refractivity contribution in [1.82, 2.24) is 0 Å². The number of unbranched alkanes of at least 4 members (excludes halogenated alkanes) is 3. The predicted octanol–water partition coefficient (Wildman–Crippen LogP) is 3.79. The van der Waals surface area contributed by atoms with E-state index in [1.807, 2.05) is 6.92 Å². The van der Waals surface area contributed by atoms with E-state index < -0.39 is 5.97 Å². The fourth-order valence-electron chi connectivity index (χ4n) is 1.49. The van der Waals surface area contributed by atoms with E-state index >= 15 is 0 Å². The summed E-state index contributed by atoms with van der Waals surface area (Å²) in [7, 11) is 0. The molecule has 2 nitrogen and oxygen atoms in total. The van der Waals surface area contributed by atoms with Gasteiger partial charge in [0.05, 0.1) is 5.92 Å². The minimum atomic E-state index is -0.757. The third-order valence-corrected chi connectivity index (χ3v) is 2.47. The lowest BCUT2D eigenvalue weighted by atomic mass is 10.0. The predicted molar refractivity (Wildman–Crippen MR) is 63.8 cm³/mol. The topological polar surface area (TPSA) is 37.3 Å². The van der Waals surface area contributed by atoms with E-state index in [9.17, 15) is 4.79 Å². The van der Waals surface area contributed by atoms with Crippen molar-refractivity contribution in [3.63, 3.8) is 0 Å². The zero-order chi connectivity index (χ0) is 11.7. The summed E-state index contributed by atoms with van der Waals surface area (Å²) >= 11 is 0. The van der Waals surface area contributed by atoms with Gasteiger partial charge in [0.2, 0.25) is 0 Å². The van der Waals surface area contributed by atoms with Crippen molar-refractivity contribution in [3.8, 4) is 0 Å². The molecule has 0 aliphatic rings. The Hall–Kier alpha value is -1.05. The lowest BCUT2D eigenvalue weighted by Gasteiger charge is -2.06. The molecule has 0 aromatic rings. The smallest absolute Gasteiger partial charge is 0.310 e. The van der Waals surface area contributed by atoms with E-state index in [1.165, 1.54) is 18.1 Å². The molecular formula is C13H22O2. The van der Waals surface area contributed by atoms with Crippen LogP contribution in [0.1, 0.15) is 45.4 Å². The van der Waals surface area contributed by atoms with Crippen molar-refractivity contribution in [2.45, 2.75) is 45.4 Å². The summed E-state index contributed by atoms with van der Waals surface area (Å²) in [5.41, 5.74) is 1.23. The van der Waals surface area contributed by atoms with E-state index in [1.54, 1.807) is 0 Å². The van der Waals surface area contributed by atoms with Gasteiger partial charge in [-0.15, -0.1) is 13.2 Å². The highest BCUT2D eigenvalue weighted by molar-refractivity contribution is 5.71. The molecular weight excluding hydrogens is 188 g/mol. The summed E-state index contributed by atoms with van der Waals surface area (Å²) in [4.78, 5) is 10.7. The van der Waals surface area contributed by atoms with Gasteiger partial charge in [-0.1, -0.05) is 30.9 Å². The first-order valence-electron chi connectivity index (χ1n) is 5.57. The molecule has 0 heterocycles. The minimum Gasteiger partial charge on any atom is -0.481 e. The number of aliphatic carboxylic acids is 1. The van der Waals surface area contributed by atoms with Crippen LogP contribution in [0.5, 0.6) is 0 Å². The summed E-state index contributed by atoms with van der Waals surface area (Å²) in [5, 5.41) is 8.77. The maximum Gasteiger partial charge on any atom is 0.310 e. The van der Waals surface area contributed by atoms with Crippen LogP contribution in [0.2, 0.25) is 0 Å². The molecule has 0 aromatic heterocycles. The SMILES string of the molecule is C=CC(CCCCCCC(=C)C)C(=O)O. The first-order valence-corrected chi connectivity index (χ1v) is 5.57. The van der Waals surface area contributed by atoms with Crippen molar-refractivity contribution in [3.05, 3.63) is 24.8 Å². The Labute approximate surface area is 92.7 Å². The van der Waals surface area contributed by atoms with Crippen LogP contribution in [0.4, 0.5) is 0 Å². The lowest BCUT2D eigenvalue weighted by molar-refractivity contribution is -0.140. The van der Waals surface area contributed by atoms with Gasteiger partial charge in [0.25, 0.3) is 0 Å². The Morgan fingerprint density at radius 3 is 2.40 bits per heavy atom. The van der Waals surface area contributed by atoms with Crippen molar-refractivity contribution >= 4 is 5.97 Å². The van der Waals surface area contributed by atoms with Gasteiger partial charge in [0, 0.05) is 0 Å². The van der Waals surface area contributed by atoms with Gasteiger partial charge in [0.1, 0.15) is 0 Å². The molecule has 86 valence electrons. The fourth-order valence-corrected chi connectivity index (χ4v) is 1.49. The molecule has 2 heteroatoms. The van der Waals surface area contributed by atoms with E-state index in [0.717, 1.165) is 25.7 Å². The number of hydrogen-bond acceptors (Lipinski definition) is 1. The standard InChI is InChI=1S/C13H22O2/c1-4-12(13(14)15)10-8-6-5-7-9-11(2)3/h4,12H,1-2,5-10H2,3H3,(H,14,15). The second-order valence-electron chi connectivity index (χ2n) is 4.09. The van der Waals surface area contributed by atoms with Crippen molar-refractivity contribution in [2.75, 3.05) is 0 Å². The van der Waals surface area contributed by atoms with E-state index in [0.29, 0.717) is 6.42 Å². The van der Waals surface area contributed by atoms with Gasteiger partial charge in [-0.05, 0) is 26.2 Å². The zero-order valence-corrected chi connectivity index (χ0v) is 9.67. The molecule has 0 amide bonds. The average Bonchev–Trinajstić information content (AvgIpc) is 2.15. The Balaban J connectivity index is 3.41. The molecule has 0 saturated carbocycles. The van der Waals surface area contributed by atoms with E-state index in [-0.39, 0.29) is 5.92 Å².